The van der Waals surface area contributed by atoms with Gasteiger partial charge in [-0.1, -0.05) is 11.6 Å². The first-order valence-electron chi connectivity index (χ1n) is 6.08. The highest BCUT2D eigenvalue weighted by atomic mass is 35.5. The number of halogens is 1. The van der Waals surface area contributed by atoms with E-state index in [0.29, 0.717) is 22.9 Å². The molecule has 0 saturated carbocycles. The smallest absolute Gasteiger partial charge is 0.319 e. The molecule has 0 aromatic heterocycles. The van der Waals surface area contributed by atoms with Crippen LogP contribution in [0.15, 0.2) is 18.2 Å². The second-order valence-electron chi connectivity index (χ2n) is 4.21. The van der Waals surface area contributed by atoms with E-state index in [-0.39, 0.29) is 18.7 Å². The Hall–Kier alpha value is -1.46. The number of urea groups is 1. The van der Waals surface area contributed by atoms with Gasteiger partial charge in [0.25, 0.3) is 0 Å². The van der Waals surface area contributed by atoms with Crippen molar-refractivity contribution in [1.29, 1.82) is 0 Å². The van der Waals surface area contributed by atoms with Crippen molar-refractivity contribution in [1.82, 2.24) is 5.32 Å². The van der Waals surface area contributed by atoms with Gasteiger partial charge in [-0.3, -0.25) is 0 Å². The minimum atomic E-state index is -0.322. The van der Waals surface area contributed by atoms with Crippen LogP contribution in [0.25, 0.3) is 0 Å². The van der Waals surface area contributed by atoms with E-state index in [2.05, 4.69) is 10.6 Å². The minimum absolute atomic E-state index is 0.0100. The zero-order valence-corrected chi connectivity index (χ0v) is 11.8. The fraction of sp³-hybridized carbons (Fsp3) is 0.462. The van der Waals surface area contributed by atoms with E-state index >= 15 is 0 Å². The molecule has 0 aliphatic carbocycles. The van der Waals surface area contributed by atoms with Gasteiger partial charge in [0.2, 0.25) is 0 Å². The van der Waals surface area contributed by atoms with E-state index in [1.54, 1.807) is 25.3 Å². The second kappa shape index (κ2) is 7.86. The van der Waals surface area contributed by atoms with Gasteiger partial charge < -0.3 is 20.5 Å². The summed E-state index contributed by atoms with van der Waals surface area (Å²) >= 11 is 6.02. The molecular weight excluding hydrogens is 268 g/mol. The Morgan fingerprint density at radius 2 is 2.26 bits per heavy atom. The number of methoxy groups -OCH3 is 1. The monoisotopic (exact) mass is 286 g/mol. The summed E-state index contributed by atoms with van der Waals surface area (Å²) in [6.07, 6.45) is 1.38. The first kappa shape index (κ1) is 15.6. The van der Waals surface area contributed by atoms with Crippen molar-refractivity contribution in [2.24, 2.45) is 0 Å². The van der Waals surface area contributed by atoms with Crippen molar-refractivity contribution in [3.63, 3.8) is 0 Å². The van der Waals surface area contributed by atoms with Crippen LogP contribution in [0.5, 0.6) is 5.75 Å². The Morgan fingerprint density at radius 1 is 1.53 bits per heavy atom. The van der Waals surface area contributed by atoms with Gasteiger partial charge in [0, 0.05) is 18.7 Å². The third-order valence-corrected chi connectivity index (χ3v) is 2.91. The van der Waals surface area contributed by atoms with Crippen molar-refractivity contribution in [2.75, 3.05) is 19.0 Å². The number of aliphatic hydroxyl groups is 1. The first-order valence-corrected chi connectivity index (χ1v) is 6.46. The molecule has 0 aliphatic heterocycles. The molecule has 0 fully saturated rings. The van der Waals surface area contributed by atoms with E-state index in [1.165, 1.54) is 0 Å². The maximum absolute atomic E-state index is 11.7. The van der Waals surface area contributed by atoms with Gasteiger partial charge in [-0.2, -0.15) is 0 Å². The first-order chi connectivity index (χ1) is 9.06. The molecule has 1 atom stereocenters. The number of benzene rings is 1. The zero-order valence-electron chi connectivity index (χ0n) is 11.1. The molecule has 1 aromatic rings. The number of aliphatic hydroxyl groups excluding tert-OH is 1. The van der Waals surface area contributed by atoms with Crippen LogP contribution in [0.1, 0.15) is 19.8 Å². The number of carbonyl (C=O) groups excluding carboxylic acids is 1. The summed E-state index contributed by atoms with van der Waals surface area (Å²) < 4.78 is 5.03. The highest BCUT2D eigenvalue weighted by Crippen LogP contribution is 2.26. The number of ether oxygens (including phenoxy) is 1. The molecule has 0 radical (unpaired) electrons. The highest BCUT2D eigenvalue weighted by molar-refractivity contribution is 6.33. The van der Waals surface area contributed by atoms with Crippen LogP contribution in [0.4, 0.5) is 10.5 Å². The molecule has 19 heavy (non-hydrogen) atoms. The van der Waals surface area contributed by atoms with Gasteiger partial charge in [-0.15, -0.1) is 0 Å². The lowest BCUT2D eigenvalue weighted by atomic mass is 10.2. The lowest BCUT2D eigenvalue weighted by molar-refractivity contribution is 0.245. The number of hydrogen-bond acceptors (Lipinski definition) is 3. The summed E-state index contributed by atoms with van der Waals surface area (Å²) in [7, 11) is 1.55. The predicted molar refractivity (Wildman–Crippen MR) is 75.9 cm³/mol. The Labute approximate surface area is 117 Å². The molecule has 3 N–H and O–H groups in total. The van der Waals surface area contributed by atoms with E-state index in [9.17, 15) is 4.79 Å². The molecule has 0 heterocycles. The van der Waals surface area contributed by atoms with Gasteiger partial charge in [-0.25, -0.2) is 4.79 Å². The molecule has 5 nitrogen and oxygen atoms in total. The molecule has 1 aromatic carbocycles. The molecule has 0 aliphatic rings. The van der Waals surface area contributed by atoms with E-state index in [4.69, 9.17) is 21.4 Å². The van der Waals surface area contributed by atoms with Crippen LogP contribution < -0.4 is 15.4 Å². The standard InChI is InChI=1S/C13H19ClN2O3/c1-9(4-3-7-17)15-13(18)16-12-6-5-10(19-2)8-11(12)14/h5-6,8-9,17H,3-4,7H2,1-2H3,(H2,15,16,18). The van der Waals surface area contributed by atoms with Gasteiger partial charge in [-0.05, 0) is 31.9 Å². The molecule has 106 valence electrons. The van der Waals surface area contributed by atoms with Crippen LogP contribution in [0, 0.1) is 0 Å². The van der Waals surface area contributed by atoms with Crippen LogP contribution in [-0.4, -0.2) is 30.9 Å². The average molecular weight is 287 g/mol. The lowest BCUT2D eigenvalue weighted by Gasteiger charge is -2.15. The quantitative estimate of drug-likeness (QED) is 0.753. The largest absolute Gasteiger partial charge is 0.497 e. The van der Waals surface area contributed by atoms with Crippen molar-refractivity contribution in [2.45, 2.75) is 25.8 Å². The number of carbonyl (C=O) groups is 1. The Balaban J connectivity index is 2.52. The maximum Gasteiger partial charge on any atom is 0.319 e. The summed E-state index contributed by atoms with van der Waals surface area (Å²) in [5.41, 5.74) is 0.523. The van der Waals surface area contributed by atoms with Gasteiger partial charge in [0.05, 0.1) is 17.8 Å². The highest BCUT2D eigenvalue weighted by Gasteiger charge is 2.09. The Bertz CT molecular complexity index is 426. The Morgan fingerprint density at radius 3 is 2.84 bits per heavy atom. The molecule has 6 heteroatoms. The summed E-state index contributed by atoms with van der Waals surface area (Å²) in [4.78, 5) is 11.7. The van der Waals surface area contributed by atoms with Gasteiger partial charge >= 0.3 is 6.03 Å². The van der Waals surface area contributed by atoms with Gasteiger partial charge in [0.1, 0.15) is 5.75 Å². The van der Waals surface area contributed by atoms with Crippen LogP contribution in [0.3, 0.4) is 0 Å². The van der Waals surface area contributed by atoms with Gasteiger partial charge in [0.15, 0.2) is 0 Å². The average Bonchev–Trinajstić information content (AvgIpc) is 2.38. The summed E-state index contributed by atoms with van der Waals surface area (Å²) in [6.45, 7) is 2.00. The minimum Gasteiger partial charge on any atom is -0.497 e. The fourth-order valence-corrected chi connectivity index (χ4v) is 1.79. The van der Waals surface area contributed by atoms with Crippen LogP contribution >= 0.6 is 11.6 Å². The number of rotatable bonds is 6. The number of hydrogen-bond donors (Lipinski definition) is 3. The predicted octanol–water partition coefficient (Wildman–Crippen LogP) is 2.63. The number of amides is 2. The Kier molecular flexibility index (Phi) is 6.45. The molecular formula is C13H19ClN2O3. The molecule has 1 unspecified atom stereocenters. The van der Waals surface area contributed by atoms with Crippen molar-refractivity contribution in [3.8, 4) is 5.75 Å². The summed E-state index contributed by atoms with van der Waals surface area (Å²) in [6, 6.07) is 4.70. The molecule has 0 spiro atoms. The van der Waals surface area contributed by atoms with E-state index in [1.807, 2.05) is 6.92 Å². The summed E-state index contributed by atoms with van der Waals surface area (Å²) in [5, 5.41) is 14.6. The molecule has 0 saturated heterocycles. The third kappa shape index (κ3) is 5.36. The SMILES string of the molecule is COc1ccc(NC(=O)NC(C)CCCO)c(Cl)c1. The maximum atomic E-state index is 11.7. The van der Waals surface area contributed by atoms with E-state index in [0.717, 1.165) is 6.42 Å². The normalized spacial score (nSPS) is 11.8. The van der Waals surface area contributed by atoms with E-state index < -0.39 is 0 Å². The topological polar surface area (TPSA) is 70.6 Å². The van der Waals surface area contributed by atoms with Crippen molar-refractivity contribution in [3.05, 3.63) is 23.2 Å². The summed E-state index contributed by atoms with van der Waals surface area (Å²) in [5.74, 6) is 0.632. The zero-order chi connectivity index (χ0) is 14.3. The van der Waals surface area contributed by atoms with Crippen molar-refractivity contribution >= 4 is 23.3 Å². The fourth-order valence-electron chi connectivity index (χ4n) is 1.58. The van der Waals surface area contributed by atoms with Crippen molar-refractivity contribution < 1.29 is 14.6 Å². The lowest BCUT2D eigenvalue weighted by Crippen LogP contribution is -2.36. The van der Waals surface area contributed by atoms with Crippen LogP contribution in [-0.2, 0) is 0 Å². The third-order valence-electron chi connectivity index (χ3n) is 2.60. The molecule has 1 rings (SSSR count). The molecule has 0 bridgehead atoms. The number of nitrogens with one attached hydrogen (secondary N) is 2. The van der Waals surface area contributed by atoms with Crippen LogP contribution in [0.2, 0.25) is 5.02 Å². The molecule has 2 amide bonds. The number of anilines is 1. The second-order valence-corrected chi connectivity index (χ2v) is 4.62.